The number of rotatable bonds is 5. The number of likely N-dealkylation sites (N-methyl/N-ethyl adjacent to an activating group) is 1. The van der Waals surface area contributed by atoms with Crippen LogP contribution in [0.2, 0.25) is 0 Å². The Morgan fingerprint density at radius 2 is 2.00 bits per heavy atom. The van der Waals surface area contributed by atoms with E-state index in [4.69, 9.17) is 4.42 Å². The SMILES string of the molecule is CCNC(Cc1ccc(Br)cc1)c1ccco1. The van der Waals surface area contributed by atoms with Gasteiger partial charge in [-0.25, -0.2) is 0 Å². The van der Waals surface area contributed by atoms with Crippen molar-refractivity contribution in [2.75, 3.05) is 6.54 Å². The van der Waals surface area contributed by atoms with Crippen molar-refractivity contribution in [3.8, 4) is 0 Å². The molecule has 0 spiro atoms. The van der Waals surface area contributed by atoms with Crippen LogP contribution in [0, 0.1) is 0 Å². The number of halogens is 1. The fourth-order valence-corrected chi connectivity index (χ4v) is 2.13. The van der Waals surface area contributed by atoms with Crippen molar-refractivity contribution < 1.29 is 4.42 Å². The predicted molar refractivity (Wildman–Crippen MR) is 73.0 cm³/mol. The zero-order valence-electron chi connectivity index (χ0n) is 9.82. The van der Waals surface area contributed by atoms with E-state index in [0.717, 1.165) is 23.2 Å². The Morgan fingerprint density at radius 1 is 1.24 bits per heavy atom. The molecule has 0 aliphatic carbocycles. The predicted octanol–water partition coefficient (Wildman–Crippen LogP) is 3.94. The molecular weight excluding hydrogens is 278 g/mol. The first-order chi connectivity index (χ1) is 8.29. The van der Waals surface area contributed by atoms with Gasteiger partial charge in [0.2, 0.25) is 0 Å². The third-order valence-corrected chi connectivity index (χ3v) is 3.22. The van der Waals surface area contributed by atoms with Gasteiger partial charge in [-0.05, 0) is 42.8 Å². The van der Waals surface area contributed by atoms with E-state index < -0.39 is 0 Å². The van der Waals surface area contributed by atoms with Gasteiger partial charge >= 0.3 is 0 Å². The van der Waals surface area contributed by atoms with Crippen molar-refractivity contribution in [2.24, 2.45) is 0 Å². The summed E-state index contributed by atoms with van der Waals surface area (Å²) in [5, 5.41) is 3.44. The summed E-state index contributed by atoms with van der Waals surface area (Å²) >= 11 is 3.45. The minimum absolute atomic E-state index is 0.246. The van der Waals surface area contributed by atoms with E-state index in [-0.39, 0.29) is 6.04 Å². The Kier molecular flexibility index (Phi) is 4.40. The van der Waals surface area contributed by atoms with Gasteiger partial charge in [-0.1, -0.05) is 35.0 Å². The summed E-state index contributed by atoms with van der Waals surface area (Å²) in [6.07, 6.45) is 2.66. The number of hydrogen-bond donors (Lipinski definition) is 1. The molecule has 1 unspecified atom stereocenters. The molecule has 2 aromatic rings. The molecule has 2 nitrogen and oxygen atoms in total. The fraction of sp³-hybridized carbons (Fsp3) is 0.286. The van der Waals surface area contributed by atoms with E-state index >= 15 is 0 Å². The average molecular weight is 294 g/mol. The highest BCUT2D eigenvalue weighted by molar-refractivity contribution is 9.10. The van der Waals surface area contributed by atoms with Crippen molar-refractivity contribution in [2.45, 2.75) is 19.4 Å². The maximum Gasteiger partial charge on any atom is 0.121 e. The third-order valence-electron chi connectivity index (χ3n) is 2.69. The third kappa shape index (κ3) is 3.45. The molecule has 2 rings (SSSR count). The molecule has 90 valence electrons. The topological polar surface area (TPSA) is 25.2 Å². The molecule has 0 aliphatic heterocycles. The second-order valence-corrected chi connectivity index (χ2v) is 4.87. The van der Waals surface area contributed by atoms with Crippen LogP contribution in [-0.4, -0.2) is 6.54 Å². The van der Waals surface area contributed by atoms with Crippen LogP contribution in [-0.2, 0) is 6.42 Å². The molecule has 0 bridgehead atoms. The molecule has 17 heavy (non-hydrogen) atoms. The lowest BCUT2D eigenvalue weighted by atomic mass is 10.0. The van der Waals surface area contributed by atoms with Gasteiger partial charge in [0.05, 0.1) is 12.3 Å². The van der Waals surface area contributed by atoms with Gasteiger partial charge in [0.1, 0.15) is 5.76 Å². The summed E-state index contributed by atoms with van der Waals surface area (Å²) in [5.74, 6) is 0.995. The standard InChI is InChI=1S/C14H16BrNO/c1-2-16-13(14-4-3-9-17-14)10-11-5-7-12(15)8-6-11/h3-9,13,16H,2,10H2,1H3. The second kappa shape index (κ2) is 6.03. The van der Waals surface area contributed by atoms with Crippen molar-refractivity contribution in [3.05, 3.63) is 58.5 Å². The molecule has 1 aromatic heterocycles. The van der Waals surface area contributed by atoms with Gasteiger partial charge in [0.15, 0.2) is 0 Å². The summed E-state index contributed by atoms with van der Waals surface area (Å²) in [6.45, 7) is 3.04. The van der Waals surface area contributed by atoms with Gasteiger partial charge in [0, 0.05) is 4.47 Å². The summed E-state index contributed by atoms with van der Waals surface area (Å²) in [5.41, 5.74) is 1.30. The molecule has 1 N–H and O–H groups in total. The number of hydrogen-bond acceptors (Lipinski definition) is 2. The van der Waals surface area contributed by atoms with E-state index in [1.54, 1.807) is 6.26 Å². The van der Waals surface area contributed by atoms with Gasteiger partial charge in [-0.15, -0.1) is 0 Å². The van der Waals surface area contributed by atoms with E-state index in [2.05, 4.69) is 52.4 Å². The van der Waals surface area contributed by atoms with E-state index in [9.17, 15) is 0 Å². The van der Waals surface area contributed by atoms with Crippen LogP contribution in [0.3, 0.4) is 0 Å². The molecule has 0 saturated carbocycles. The molecule has 0 saturated heterocycles. The van der Waals surface area contributed by atoms with E-state index in [1.165, 1.54) is 5.56 Å². The number of benzene rings is 1. The van der Waals surface area contributed by atoms with Gasteiger partial charge < -0.3 is 9.73 Å². The van der Waals surface area contributed by atoms with Crippen molar-refractivity contribution >= 4 is 15.9 Å². The van der Waals surface area contributed by atoms with Crippen LogP contribution in [0.15, 0.2) is 51.6 Å². The Morgan fingerprint density at radius 3 is 2.59 bits per heavy atom. The largest absolute Gasteiger partial charge is 0.468 e. The van der Waals surface area contributed by atoms with Crippen LogP contribution in [0.5, 0.6) is 0 Å². The zero-order valence-corrected chi connectivity index (χ0v) is 11.4. The fourth-order valence-electron chi connectivity index (χ4n) is 1.87. The smallest absolute Gasteiger partial charge is 0.121 e. The van der Waals surface area contributed by atoms with Crippen LogP contribution in [0.4, 0.5) is 0 Å². The molecule has 0 amide bonds. The number of furan rings is 1. The first-order valence-corrected chi connectivity index (χ1v) is 6.60. The highest BCUT2D eigenvalue weighted by Gasteiger charge is 2.13. The first-order valence-electron chi connectivity index (χ1n) is 5.81. The van der Waals surface area contributed by atoms with E-state index in [1.807, 2.05) is 12.1 Å². The molecule has 3 heteroatoms. The molecule has 0 radical (unpaired) electrons. The Hall–Kier alpha value is -1.06. The van der Waals surface area contributed by atoms with Crippen molar-refractivity contribution in [1.29, 1.82) is 0 Å². The first kappa shape index (κ1) is 12.4. The molecule has 1 aromatic carbocycles. The number of nitrogens with one attached hydrogen (secondary N) is 1. The Balaban J connectivity index is 2.10. The van der Waals surface area contributed by atoms with Crippen molar-refractivity contribution in [1.82, 2.24) is 5.32 Å². The minimum atomic E-state index is 0.246. The quantitative estimate of drug-likeness (QED) is 0.903. The maximum absolute atomic E-state index is 5.47. The average Bonchev–Trinajstić information content (AvgIpc) is 2.85. The highest BCUT2D eigenvalue weighted by Crippen LogP contribution is 2.20. The lowest BCUT2D eigenvalue weighted by Gasteiger charge is -2.15. The normalized spacial score (nSPS) is 12.6. The van der Waals surface area contributed by atoms with Crippen molar-refractivity contribution in [3.63, 3.8) is 0 Å². The summed E-state index contributed by atoms with van der Waals surface area (Å²) in [7, 11) is 0. The van der Waals surface area contributed by atoms with E-state index in [0.29, 0.717) is 0 Å². The minimum Gasteiger partial charge on any atom is -0.468 e. The summed E-state index contributed by atoms with van der Waals surface area (Å²) < 4.78 is 6.58. The lowest BCUT2D eigenvalue weighted by Crippen LogP contribution is -2.22. The van der Waals surface area contributed by atoms with Crippen LogP contribution < -0.4 is 5.32 Å². The Labute approximate surface area is 110 Å². The zero-order chi connectivity index (χ0) is 12.1. The van der Waals surface area contributed by atoms with Gasteiger partial charge in [0.25, 0.3) is 0 Å². The molecular formula is C14H16BrNO. The second-order valence-electron chi connectivity index (χ2n) is 3.96. The lowest BCUT2D eigenvalue weighted by molar-refractivity contribution is 0.416. The highest BCUT2D eigenvalue weighted by atomic mass is 79.9. The molecule has 0 aliphatic rings. The maximum atomic E-state index is 5.47. The Bertz CT molecular complexity index is 436. The summed E-state index contributed by atoms with van der Waals surface area (Å²) in [6, 6.07) is 12.6. The van der Waals surface area contributed by atoms with Crippen LogP contribution in [0.25, 0.3) is 0 Å². The molecule has 1 heterocycles. The van der Waals surface area contributed by atoms with Gasteiger partial charge in [-0.2, -0.15) is 0 Å². The summed E-state index contributed by atoms with van der Waals surface area (Å²) in [4.78, 5) is 0. The van der Waals surface area contributed by atoms with Crippen LogP contribution >= 0.6 is 15.9 Å². The van der Waals surface area contributed by atoms with Gasteiger partial charge in [-0.3, -0.25) is 0 Å². The monoisotopic (exact) mass is 293 g/mol. The van der Waals surface area contributed by atoms with Crippen LogP contribution in [0.1, 0.15) is 24.3 Å². The molecule has 0 fully saturated rings. The molecule has 1 atom stereocenters.